The Kier molecular flexibility index (Phi) is 6.51. The maximum absolute atomic E-state index is 12.8. The number of hydrogen-bond acceptors (Lipinski definition) is 5. The average molecular weight is 408 g/mol. The second-order valence-electron chi connectivity index (χ2n) is 6.79. The number of carbonyl (C=O) groups excluding carboxylic acids is 3. The zero-order valence-electron chi connectivity index (χ0n) is 17.0. The fraction of sp³-hybridized carbons (Fsp3) is 0.261. The van der Waals surface area contributed by atoms with Crippen LogP contribution in [0.25, 0.3) is 5.70 Å². The van der Waals surface area contributed by atoms with Crippen molar-refractivity contribution in [3.05, 3.63) is 71.8 Å². The Bertz CT molecular complexity index is 950. The number of nitrogens with one attached hydrogen (secondary N) is 1. The molecular formula is C23H24N2O5. The summed E-state index contributed by atoms with van der Waals surface area (Å²) in [4.78, 5) is 38.8. The minimum Gasteiger partial charge on any atom is -0.497 e. The lowest BCUT2D eigenvalue weighted by molar-refractivity contribution is -0.143. The third-order valence-corrected chi connectivity index (χ3v) is 4.85. The lowest BCUT2D eigenvalue weighted by atomic mass is 10.0. The number of ether oxygens (including phenoxy) is 2. The summed E-state index contributed by atoms with van der Waals surface area (Å²) in [5.41, 5.74) is 2.41. The van der Waals surface area contributed by atoms with Crippen LogP contribution in [0.3, 0.4) is 0 Å². The highest BCUT2D eigenvalue weighted by Crippen LogP contribution is 2.31. The standard InChI is InChI=1S/C23H24N2O5/c1-4-30-22(27)13-20(16-8-7-9-17(12-16)29-3)24-21(26)14-25-15(2)18-10-5-6-11-19(18)23(25)28/h5-12,20H,2,4,13-14H2,1,3H3,(H,24,26). The molecule has 7 heteroatoms. The van der Waals surface area contributed by atoms with Crippen molar-refractivity contribution in [3.8, 4) is 5.75 Å². The van der Waals surface area contributed by atoms with E-state index in [0.717, 1.165) is 0 Å². The lowest BCUT2D eigenvalue weighted by Gasteiger charge is -2.22. The number of benzene rings is 2. The molecule has 3 rings (SSSR count). The SMILES string of the molecule is C=C1c2ccccc2C(=O)N1CC(=O)NC(CC(=O)OCC)c1cccc(OC)c1. The largest absolute Gasteiger partial charge is 0.497 e. The van der Waals surface area contributed by atoms with Gasteiger partial charge in [-0.2, -0.15) is 0 Å². The zero-order chi connectivity index (χ0) is 21.7. The fourth-order valence-corrected chi connectivity index (χ4v) is 3.38. The van der Waals surface area contributed by atoms with Gasteiger partial charge in [0.2, 0.25) is 5.91 Å². The topological polar surface area (TPSA) is 84.9 Å². The maximum atomic E-state index is 12.8. The summed E-state index contributed by atoms with van der Waals surface area (Å²) in [5.74, 6) is -0.502. The molecule has 0 aliphatic carbocycles. The van der Waals surface area contributed by atoms with Crippen molar-refractivity contribution in [2.45, 2.75) is 19.4 Å². The number of nitrogens with zero attached hydrogens (tertiary/aromatic N) is 1. The number of methoxy groups -OCH3 is 1. The van der Waals surface area contributed by atoms with Crippen molar-refractivity contribution in [2.75, 3.05) is 20.3 Å². The van der Waals surface area contributed by atoms with Gasteiger partial charge in [-0.25, -0.2) is 0 Å². The molecule has 7 nitrogen and oxygen atoms in total. The molecule has 0 saturated heterocycles. The van der Waals surface area contributed by atoms with Crippen LogP contribution in [0.1, 0.15) is 40.9 Å². The predicted octanol–water partition coefficient (Wildman–Crippen LogP) is 2.93. The van der Waals surface area contributed by atoms with Crippen LogP contribution in [0.4, 0.5) is 0 Å². The summed E-state index contributed by atoms with van der Waals surface area (Å²) in [7, 11) is 1.54. The highest BCUT2D eigenvalue weighted by Gasteiger charge is 2.32. The minimum absolute atomic E-state index is 0.0398. The Morgan fingerprint density at radius 1 is 1.13 bits per heavy atom. The van der Waals surface area contributed by atoms with E-state index >= 15 is 0 Å². The quantitative estimate of drug-likeness (QED) is 0.679. The second-order valence-corrected chi connectivity index (χ2v) is 6.79. The lowest BCUT2D eigenvalue weighted by Crippen LogP contribution is -2.39. The summed E-state index contributed by atoms with van der Waals surface area (Å²) in [6, 6.07) is 13.6. The number of carbonyl (C=O) groups is 3. The van der Waals surface area contributed by atoms with Crippen molar-refractivity contribution in [1.82, 2.24) is 10.2 Å². The molecule has 1 heterocycles. The highest BCUT2D eigenvalue weighted by atomic mass is 16.5. The third kappa shape index (κ3) is 4.51. The number of esters is 1. The number of fused-ring (bicyclic) bond motifs is 1. The summed E-state index contributed by atoms with van der Waals surface area (Å²) in [5, 5.41) is 2.84. The summed E-state index contributed by atoms with van der Waals surface area (Å²) < 4.78 is 10.3. The molecule has 0 aromatic heterocycles. The van der Waals surface area contributed by atoms with E-state index in [-0.39, 0.29) is 25.5 Å². The first-order valence-corrected chi connectivity index (χ1v) is 9.63. The van der Waals surface area contributed by atoms with Crippen LogP contribution in [-0.4, -0.2) is 42.9 Å². The molecule has 1 atom stereocenters. The van der Waals surface area contributed by atoms with E-state index in [9.17, 15) is 14.4 Å². The third-order valence-electron chi connectivity index (χ3n) is 4.85. The monoisotopic (exact) mass is 408 g/mol. The van der Waals surface area contributed by atoms with Crippen LogP contribution in [-0.2, 0) is 14.3 Å². The first kappa shape index (κ1) is 21.1. The van der Waals surface area contributed by atoms with E-state index in [1.165, 1.54) is 4.90 Å². The Balaban J connectivity index is 1.75. The molecule has 2 amide bonds. The Labute approximate surface area is 175 Å². The first-order chi connectivity index (χ1) is 14.4. The summed E-state index contributed by atoms with van der Waals surface area (Å²) in [6.45, 7) is 5.72. The van der Waals surface area contributed by atoms with Gasteiger partial charge in [0.25, 0.3) is 5.91 Å². The van der Waals surface area contributed by atoms with Gasteiger partial charge >= 0.3 is 5.97 Å². The molecule has 2 aromatic carbocycles. The molecule has 0 fully saturated rings. The molecule has 30 heavy (non-hydrogen) atoms. The van der Waals surface area contributed by atoms with Gasteiger partial charge < -0.3 is 14.8 Å². The molecule has 0 bridgehead atoms. The molecule has 0 saturated carbocycles. The van der Waals surface area contributed by atoms with Crippen LogP contribution >= 0.6 is 0 Å². The van der Waals surface area contributed by atoms with Crippen LogP contribution in [0.2, 0.25) is 0 Å². The smallest absolute Gasteiger partial charge is 0.308 e. The number of rotatable bonds is 8. The molecule has 1 aliphatic rings. The highest BCUT2D eigenvalue weighted by molar-refractivity contribution is 6.10. The van der Waals surface area contributed by atoms with Crippen molar-refractivity contribution in [3.63, 3.8) is 0 Å². The average Bonchev–Trinajstić information content (AvgIpc) is 2.98. The van der Waals surface area contributed by atoms with Crippen molar-refractivity contribution >= 4 is 23.5 Å². The zero-order valence-corrected chi connectivity index (χ0v) is 17.0. The molecule has 1 N–H and O–H groups in total. The van der Waals surface area contributed by atoms with Crippen LogP contribution in [0, 0.1) is 0 Å². The van der Waals surface area contributed by atoms with Gasteiger partial charge in [-0.1, -0.05) is 36.9 Å². The number of amides is 2. The van der Waals surface area contributed by atoms with Gasteiger partial charge in [0.05, 0.1) is 26.2 Å². The minimum atomic E-state index is -0.625. The van der Waals surface area contributed by atoms with E-state index in [2.05, 4.69) is 11.9 Å². The normalized spacial score (nSPS) is 13.6. The van der Waals surface area contributed by atoms with Gasteiger partial charge in [0.15, 0.2) is 0 Å². The van der Waals surface area contributed by atoms with E-state index in [1.807, 2.05) is 6.07 Å². The van der Waals surface area contributed by atoms with Crippen LogP contribution < -0.4 is 10.1 Å². The van der Waals surface area contributed by atoms with Crippen LogP contribution in [0.15, 0.2) is 55.1 Å². The number of hydrogen-bond donors (Lipinski definition) is 1. The van der Waals surface area contributed by atoms with Gasteiger partial charge in [-0.3, -0.25) is 19.3 Å². The van der Waals surface area contributed by atoms with E-state index in [1.54, 1.807) is 56.5 Å². The molecule has 0 radical (unpaired) electrons. The van der Waals surface area contributed by atoms with E-state index < -0.39 is 17.9 Å². The van der Waals surface area contributed by atoms with Gasteiger partial charge in [-0.15, -0.1) is 0 Å². The van der Waals surface area contributed by atoms with Gasteiger partial charge in [-0.05, 0) is 30.7 Å². The van der Waals surface area contributed by atoms with Crippen molar-refractivity contribution in [1.29, 1.82) is 0 Å². The molecule has 1 aliphatic heterocycles. The molecule has 1 unspecified atom stereocenters. The summed E-state index contributed by atoms with van der Waals surface area (Å²) >= 11 is 0. The van der Waals surface area contributed by atoms with Crippen LogP contribution in [0.5, 0.6) is 5.75 Å². The molecular weight excluding hydrogens is 384 g/mol. The maximum Gasteiger partial charge on any atom is 0.308 e. The van der Waals surface area contributed by atoms with Gasteiger partial charge in [0.1, 0.15) is 12.3 Å². The first-order valence-electron chi connectivity index (χ1n) is 9.63. The molecule has 0 spiro atoms. The van der Waals surface area contributed by atoms with E-state index in [4.69, 9.17) is 9.47 Å². The Morgan fingerprint density at radius 3 is 2.53 bits per heavy atom. The second kappa shape index (κ2) is 9.26. The Morgan fingerprint density at radius 2 is 1.87 bits per heavy atom. The van der Waals surface area contributed by atoms with Gasteiger partial charge in [0, 0.05) is 16.8 Å². The predicted molar refractivity (Wildman–Crippen MR) is 112 cm³/mol. The summed E-state index contributed by atoms with van der Waals surface area (Å²) in [6.07, 6.45) is -0.0398. The molecule has 2 aromatic rings. The fourth-order valence-electron chi connectivity index (χ4n) is 3.38. The van der Waals surface area contributed by atoms with Crippen molar-refractivity contribution < 1.29 is 23.9 Å². The molecule has 156 valence electrons. The Hall–Kier alpha value is -3.61. The van der Waals surface area contributed by atoms with Crippen molar-refractivity contribution in [2.24, 2.45) is 0 Å². The van der Waals surface area contributed by atoms with E-state index in [0.29, 0.717) is 28.1 Å².